The number of allylic oxidation sites excluding steroid dienone is 1. The number of carbonyl (C=O) groups is 1. The molecule has 0 N–H and O–H groups in total. The third-order valence-corrected chi connectivity index (χ3v) is 4.16. The molecule has 6 nitrogen and oxygen atoms in total. The molecule has 136 valence electrons. The van der Waals surface area contributed by atoms with E-state index in [0.29, 0.717) is 29.0 Å². The van der Waals surface area contributed by atoms with Crippen molar-refractivity contribution in [3.8, 4) is 5.75 Å². The molecule has 0 radical (unpaired) electrons. The fraction of sp³-hybridized carbons (Fsp3) is 0.100. The van der Waals surface area contributed by atoms with Crippen LogP contribution in [-0.2, 0) is 0 Å². The lowest BCUT2D eigenvalue weighted by molar-refractivity contribution is -0.384. The minimum Gasteiger partial charge on any atom is -0.494 e. The minimum absolute atomic E-state index is 0.0660. The standard InChI is InChI=1S/C20H15ClN2O4/c1-2-27-17-9-5-14-11-15(20(21)22-18(14)12-17)6-10-19(24)13-3-7-16(8-4-13)23(25)26/h3-12H,2H2,1H3/b10-6+. The van der Waals surface area contributed by atoms with E-state index >= 15 is 0 Å². The number of rotatable bonds is 6. The van der Waals surface area contributed by atoms with Crippen molar-refractivity contribution in [3.05, 3.63) is 81.0 Å². The summed E-state index contributed by atoms with van der Waals surface area (Å²) in [6.07, 6.45) is 2.94. The number of hydrogen-bond acceptors (Lipinski definition) is 5. The lowest BCUT2D eigenvalue weighted by atomic mass is 10.1. The van der Waals surface area contributed by atoms with Gasteiger partial charge in [-0.15, -0.1) is 0 Å². The zero-order valence-corrected chi connectivity index (χ0v) is 15.1. The van der Waals surface area contributed by atoms with E-state index in [4.69, 9.17) is 16.3 Å². The highest BCUT2D eigenvalue weighted by Gasteiger charge is 2.08. The number of nitro benzene ring substituents is 1. The van der Waals surface area contributed by atoms with Crippen molar-refractivity contribution in [1.29, 1.82) is 0 Å². The summed E-state index contributed by atoms with van der Waals surface area (Å²) in [5, 5.41) is 11.8. The van der Waals surface area contributed by atoms with Crippen LogP contribution in [-0.4, -0.2) is 22.3 Å². The first-order valence-corrected chi connectivity index (χ1v) is 8.55. The van der Waals surface area contributed by atoms with Gasteiger partial charge in [0.1, 0.15) is 10.9 Å². The smallest absolute Gasteiger partial charge is 0.269 e. The third-order valence-electron chi connectivity index (χ3n) is 3.86. The summed E-state index contributed by atoms with van der Waals surface area (Å²) in [7, 11) is 0. The van der Waals surface area contributed by atoms with Crippen molar-refractivity contribution < 1.29 is 14.5 Å². The second kappa shape index (κ2) is 7.97. The average Bonchev–Trinajstić information content (AvgIpc) is 2.66. The van der Waals surface area contributed by atoms with Crippen molar-refractivity contribution in [2.45, 2.75) is 6.92 Å². The Hall–Kier alpha value is -3.25. The molecule has 0 saturated carbocycles. The van der Waals surface area contributed by atoms with Gasteiger partial charge in [-0.1, -0.05) is 11.6 Å². The number of aromatic nitrogens is 1. The molecular weight excluding hydrogens is 368 g/mol. The van der Waals surface area contributed by atoms with Crippen LogP contribution in [0.5, 0.6) is 5.75 Å². The molecule has 0 bridgehead atoms. The van der Waals surface area contributed by atoms with Gasteiger partial charge in [0.05, 0.1) is 17.0 Å². The Labute approximate surface area is 160 Å². The molecule has 7 heteroatoms. The Morgan fingerprint density at radius 1 is 1.22 bits per heavy atom. The van der Waals surface area contributed by atoms with E-state index in [1.54, 1.807) is 12.1 Å². The van der Waals surface area contributed by atoms with E-state index in [1.807, 2.05) is 25.1 Å². The van der Waals surface area contributed by atoms with E-state index in [1.165, 1.54) is 30.3 Å². The SMILES string of the molecule is CCOc1ccc2cc(/C=C/C(=O)c3ccc([N+](=O)[O-])cc3)c(Cl)nc2c1. The molecule has 0 spiro atoms. The number of hydrogen-bond donors (Lipinski definition) is 0. The highest BCUT2D eigenvalue weighted by atomic mass is 35.5. The predicted molar refractivity (Wildman–Crippen MR) is 104 cm³/mol. The summed E-state index contributed by atoms with van der Waals surface area (Å²) in [4.78, 5) is 26.8. The van der Waals surface area contributed by atoms with Gasteiger partial charge in [-0.25, -0.2) is 4.98 Å². The zero-order chi connectivity index (χ0) is 19.4. The minimum atomic E-state index is -0.512. The molecule has 1 heterocycles. The predicted octanol–water partition coefficient (Wildman–Crippen LogP) is 5.09. The van der Waals surface area contributed by atoms with Gasteiger partial charge < -0.3 is 4.74 Å². The number of nitro groups is 1. The second-order valence-electron chi connectivity index (χ2n) is 5.66. The number of fused-ring (bicyclic) bond motifs is 1. The molecule has 27 heavy (non-hydrogen) atoms. The van der Waals surface area contributed by atoms with Gasteiger partial charge >= 0.3 is 0 Å². The lowest BCUT2D eigenvalue weighted by Gasteiger charge is -2.06. The molecule has 0 aliphatic rings. The Kier molecular flexibility index (Phi) is 5.47. The van der Waals surface area contributed by atoms with Gasteiger partial charge in [-0.05, 0) is 49.4 Å². The Morgan fingerprint density at radius 2 is 1.96 bits per heavy atom. The number of carbonyl (C=O) groups excluding carboxylic acids is 1. The van der Waals surface area contributed by atoms with Crippen LogP contribution >= 0.6 is 11.6 Å². The molecular formula is C20H15ClN2O4. The maximum atomic E-state index is 12.3. The summed E-state index contributed by atoms with van der Waals surface area (Å²) < 4.78 is 5.45. The lowest BCUT2D eigenvalue weighted by Crippen LogP contribution is -1.95. The fourth-order valence-corrected chi connectivity index (χ4v) is 2.73. The van der Waals surface area contributed by atoms with Gasteiger partial charge in [-0.2, -0.15) is 0 Å². The summed E-state index contributed by atoms with van der Waals surface area (Å²) in [5.74, 6) is 0.429. The first-order valence-electron chi connectivity index (χ1n) is 8.18. The summed E-state index contributed by atoms with van der Waals surface area (Å²) >= 11 is 6.23. The van der Waals surface area contributed by atoms with Gasteiger partial charge in [-0.3, -0.25) is 14.9 Å². The van der Waals surface area contributed by atoms with E-state index < -0.39 is 4.92 Å². The molecule has 1 aromatic heterocycles. The Morgan fingerprint density at radius 3 is 2.63 bits per heavy atom. The van der Waals surface area contributed by atoms with E-state index in [0.717, 1.165) is 5.39 Å². The summed E-state index contributed by atoms with van der Waals surface area (Å²) in [6.45, 7) is 2.46. The van der Waals surface area contributed by atoms with Crippen molar-refractivity contribution in [2.75, 3.05) is 6.61 Å². The Balaban J connectivity index is 1.84. The van der Waals surface area contributed by atoms with Gasteiger partial charge in [0, 0.05) is 34.7 Å². The monoisotopic (exact) mass is 382 g/mol. The summed E-state index contributed by atoms with van der Waals surface area (Å²) in [5.41, 5.74) is 1.58. The number of non-ortho nitro benzene ring substituents is 1. The topological polar surface area (TPSA) is 82.3 Å². The zero-order valence-electron chi connectivity index (χ0n) is 14.4. The molecule has 2 aromatic carbocycles. The largest absolute Gasteiger partial charge is 0.494 e. The third kappa shape index (κ3) is 4.30. The van der Waals surface area contributed by atoms with Gasteiger partial charge in [0.25, 0.3) is 5.69 Å². The van der Waals surface area contributed by atoms with Crippen molar-refractivity contribution >= 4 is 40.1 Å². The summed E-state index contributed by atoms with van der Waals surface area (Å²) in [6, 6.07) is 12.8. The highest BCUT2D eigenvalue weighted by molar-refractivity contribution is 6.31. The van der Waals surface area contributed by atoms with Crippen LogP contribution in [0, 0.1) is 10.1 Å². The fourth-order valence-electron chi connectivity index (χ4n) is 2.52. The number of ether oxygens (including phenoxy) is 1. The van der Waals surface area contributed by atoms with Crippen LogP contribution in [0.4, 0.5) is 5.69 Å². The van der Waals surface area contributed by atoms with E-state index in [2.05, 4.69) is 4.98 Å². The molecule has 0 fully saturated rings. The molecule has 0 amide bonds. The first-order chi connectivity index (χ1) is 13.0. The number of nitrogens with zero attached hydrogens (tertiary/aromatic N) is 2. The maximum Gasteiger partial charge on any atom is 0.269 e. The average molecular weight is 383 g/mol. The highest BCUT2D eigenvalue weighted by Crippen LogP contribution is 2.25. The molecule has 0 aliphatic heterocycles. The number of halogens is 1. The molecule has 0 saturated heterocycles. The van der Waals surface area contributed by atoms with Crippen LogP contribution in [0.1, 0.15) is 22.8 Å². The maximum absolute atomic E-state index is 12.3. The normalized spacial score (nSPS) is 11.0. The molecule has 0 aliphatic carbocycles. The molecule has 3 rings (SSSR count). The van der Waals surface area contributed by atoms with Crippen molar-refractivity contribution in [2.24, 2.45) is 0 Å². The number of pyridine rings is 1. The second-order valence-corrected chi connectivity index (χ2v) is 6.02. The number of ketones is 1. The van der Waals surface area contributed by atoms with Crippen LogP contribution in [0.15, 0.2) is 54.6 Å². The van der Waals surface area contributed by atoms with Crippen LogP contribution < -0.4 is 4.74 Å². The van der Waals surface area contributed by atoms with Crippen molar-refractivity contribution in [3.63, 3.8) is 0 Å². The van der Waals surface area contributed by atoms with E-state index in [9.17, 15) is 14.9 Å². The van der Waals surface area contributed by atoms with E-state index in [-0.39, 0.29) is 16.6 Å². The Bertz CT molecular complexity index is 1050. The first kappa shape index (κ1) is 18.5. The van der Waals surface area contributed by atoms with Gasteiger partial charge in [0.15, 0.2) is 5.78 Å². The molecule has 0 unspecified atom stereocenters. The molecule has 3 aromatic rings. The van der Waals surface area contributed by atoms with Crippen LogP contribution in [0.3, 0.4) is 0 Å². The quantitative estimate of drug-likeness (QED) is 0.195. The number of benzene rings is 2. The van der Waals surface area contributed by atoms with Crippen molar-refractivity contribution in [1.82, 2.24) is 4.98 Å². The van der Waals surface area contributed by atoms with Crippen LogP contribution in [0.25, 0.3) is 17.0 Å². The molecule has 0 atom stereocenters. The van der Waals surface area contributed by atoms with Gasteiger partial charge in [0.2, 0.25) is 0 Å². The van der Waals surface area contributed by atoms with Crippen LogP contribution in [0.2, 0.25) is 5.15 Å².